The highest BCUT2D eigenvalue weighted by atomic mass is 16.5. The number of para-hydroxylation sites is 1. The lowest BCUT2D eigenvalue weighted by Gasteiger charge is -2.27. The van der Waals surface area contributed by atoms with Crippen LogP contribution in [-0.4, -0.2) is 134 Å². The van der Waals surface area contributed by atoms with E-state index in [1.54, 1.807) is 35.9 Å². The maximum Gasteiger partial charge on any atom is 0.265 e. The molecule has 0 radical (unpaired) electrons. The summed E-state index contributed by atoms with van der Waals surface area (Å²) >= 11 is 0. The van der Waals surface area contributed by atoms with Gasteiger partial charge in [-0.2, -0.15) is 0 Å². The second-order valence-corrected chi connectivity index (χ2v) is 18.1. The number of aromatic amines is 2. The number of likely N-dealkylation sites (tertiary alicyclic amines) is 1. The van der Waals surface area contributed by atoms with Crippen LogP contribution in [-0.2, 0) is 62.4 Å². The van der Waals surface area contributed by atoms with Gasteiger partial charge in [-0.25, -0.2) is 10.5 Å². The maximum atomic E-state index is 14.2. The van der Waals surface area contributed by atoms with E-state index < -0.39 is 102 Å². The van der Waals surface area contributed by atoms with Gasteiger partial charge in [-0.15, -0.1) is 0 Å². The molecule has 5 rings (SSSR count). The van der Waals surface area contributed by atoms with E-state index in [2.05, 4.69) is 46.9 Å². The number of fused-ring (bicyclic) bond motifs is 1. The van der Waals surface area contributed by atoms with Gasteiger partial charge >= 0.3 is 0 Å². The standard InChI is InChI=1S/C48H65N13O10/c1-27(2)19-37(47(69)60-71)58-46(68)39(22-31-24-51-26-53-31)55-41(63)25-61-18-10-9-15-36(48(61)70)57-42(64)28(3)54-45(67)38(21-30-23-52-34-14-8-7-13-32(30)34)59-44(66)35(16-17-40(50)62)56-43(65)33(49)20-29-11-5-4-6-12-29/h4-8,11-14,23-24,26-28,33,35-39,52,71H,9-10,15-22,25,49H2,1-3H3,(H2,50,62)(H,51,53)(H,54,67)(H,55,63)(H,56,65)(H,57,64)(H,58,68)(H,59,66)(H,60,69)/t28-,33+,35-,36-,37-,38-,39-/m0/s1. The Balaban J connectivity index is 1.26. The van der Waals surface area contributed by atoms with Gasteiger partial charge < -0.3 is 58.2 Å². The number of hydroxylamine groups is 1. The molecule has 23 nitrogen and oxygen atoms in total. The third-order valence-electron chi connectivity index (χ3n) is 11.9. The lowest BCUT2D eigenvalue weighted by atomic mass is 10.0. The number of amides is 9. The number of H-pyrrole nitrogens is 2. The van der Waals surface area contributed by atoms with Gasteiger partial charge in [-0.05, 0) is 68.6 Å². The van der Waals surface area contributed by atoms with Crippen molar-refractivity contribution in [2.45, 2.75) is 121 Å². The van der Waals surface area contributed by atoms with Crippen LogP contribution < -0.4 is 48.8 Å². The molecule has 1 aliphatic rings. The number of rotatable bonds is 25. The quantitative estimate of drug-likeness (QED) is 0.0281. The van der Waals surface area contributed by atoms with E-state index in [0.717, 1.165) is 16.5 Å². The molecule has 23 heteroatoms. The highest BCUT2D eigenvalue weighted by Gasteiger charge is 2.35. The third-order valence-corrected chi connectivity index (χ3v) is 11.9. The summed E-state index contributed by atoms with van der Waals surface area (Å²) in [6.07, 6.45) is 5.48. The van der Waals surface area contributed by atoms with Crippen molar-refractivity contribution in [2.24, 2.45) is 17.4 Å². The van der Waals surface area contributed by atoms with E-state index in [1.807, 2.05) is 44.2 Å². The summed E-state index contributed by atoms with van der Waals surface area (Å²) < 4.78 is 0. The first-order valence-corrected chi connectivity index (χ1v) is 23.6. The van der Waals surface area contributed by atoms with E-state index in [9.17, 15) is 48.4 Å². The Labute approximate surface area is 410 Å². The Morgan fingerprint density at radius 3 is 2.11 bits per heavy atom. The minimum atomic E-state index is -1.33. The van der Waals surface area contributed by atoms with Crippen molar-refractivity contribution in [3.8, 4) is 0 Å². The molecule has 2 aromatic heterocycles. The van der Waals surface area contributed by atoms with E-state index in [4.69, 9.17) is 11.5 Å². The molecule has 71 heavy (non-hydrogen) atoms. The van der Waals surface area contributed by atoms with Crippen molar-refractivity contribution >= 4 is 64.1 Å². The molecule has 0 unspecified atom stereocenters. The number of nitrogens with zero attached hydrogens (tertiary/aromatic N) is 2. The molecule has 9 amide bonds. The van der Waals surface area contributed by atoms with Gasteiger partial charge in [0, 0.05) is 54.8 Å². The fraction of sp³-hybridized carbons (Fsp3) is 0.458. The summed E-state index contributed by atoms with van der Waals surface area (Å²) in [4.78, 5) is 132. The second kappa shape index (κ2) is 26.4. The number of nitrogens with one attached hydrogen (secondary N) is 9. The fourth-order valence-electron chi connectivity index (χ4n) is 8.16. The van der Waals surface area contributed by atoms with E-state index in [1.165, 1.54) is 24.3 Å². The minimum Gasteiger partial charge on any atom is -0.370 e. The van der Waals surface area contributed by atoms with Gasteiger partial charge in [0.25, 0.3) is 5.91 Å². The molecule has 7 atom stereocenters. The van der Waals surface area contributed by atoms with Crippen LogP contribution in [0.15, 0.2) is 73.3 Å². The van der Waals surface area contributed by atoms with Crippen molar-refractivity contribution in [3.63, 3.8) is 0 Å². The number of hydrogen-bond donors (Lipinski definition) is 12. The van der Waals surface area contributed by atoms with Gasteiger partial charge in [-0.1, -0.05) is 62.4 Å². The summed E-state index contributed by atoms with van der Waals surface area (Å²) in [6, 6.07) is 7.89. The Morgan fingerprint density at radius 1 is 0.761 bits per heavy atom. The van der Waals surface area contributed by atoms with Crippen molar-refractivity contribution < 1.29 is 48.4 Å². The molecule has 0 saturated carbocycles. The molecule has 1 saturated heterocycles. The zero-order valence-corrected chi connectivity index (χ0v) is 40.0. The number of nitrogens with two attached hydrogens (primary N) is 2. The Morgan fingerprint density at radius 2 is 1.42 bits per heavy atom. The average molecular weight is 984 g/mol. The lowest BCUT2D eigenvalue weighted by Crippen LogP contribution is -2.59. The molecular formula is C48H65N13O10. The minimum absolute atomic E-state index is 0.0430. The van der Waals surface area contributed by atoms with Crippen molar-refractivity contribution in [1.29, 1.82) is 0 Å². The molecule has 14 N–H and O–H groups in total. The van der Waals surface area contributed by atoms with E-state index in [-0.39, 0.29) is 57.4 Å². The van der Waals surface area contributed by atoms with Crippen molar-refractivity contribution in [1.82, 2.24) is 57.2 Å². The number of carbonyl (C=O) groups is 9. The van der Waals surface area contributed by atoms with Crippen molar-refractivity contribution in [3.05, 3.63) is 90.1 Å². The largest absolute Gasteiger partial charge is 0.370 e. The predicted octanol–water partition coefficient (Wildman–Crippen LogP) is -0.996. The Hall–Kier alpha value is -7.66. The van der Waals surface area contributed by atoms with Gasteiger partial charge in [0.2, 0.25) is 47.3 Å². The Bertz CT molecular complexity index is 2480. The number of primary amides is 1. The summed E-state index contributed by atoms with van der Waals surface area (Å²) in [7, 11) is 0. The number of benzene rings is 2. The zero-order valence-electron chi connectivity index (χ0n) is 40.0. The van der Waals surface area contributed by atoms with Gasteiger partial charge in [0.05, 0.1) is 18.9 Å². The topological polar surface area (TPSA) is 358 Å². The number of aromatic nitrogens is 3. The van der Waals surface area contributed by atoms with Gasteiger partial charge in [0.1, 0.15) is 36.3 Å². The van der Waals surface area contributed by atoms with Crippen LogP contribution in [0.1, 0.15) is 76.1 Å². The van der Waals surface area contributed by atoms with Crippen LogP contribution in [0.2, 0.25) is 0 Å². The van der Waals surface area contributed by atoms with Crippen molar-refractivity contribution in [2.75, 3.05) is 13.1 Å². The summed E-state index contributed by atoms with van der Waals surface area (Å²) in [5.74, 6) is -6.60. The maximum absolute atomic E-state index is 14.2. The SMILES string of the molecule is CC(C)C[C@H](NC(=O)[C@H](Cc1cnc[nH]1)NC(=O)CN1CCCC[C@H](NC(=O)[C@H](C)NC(=O)[C@H](Cc2c[nH]c3ccccc23)NC(=O)[C@H](CCC(N)=O)NC(=O)[C@H](N)Cc2ccccc2)C1=O)C(=O)NO. The van der Waals surface area contributed by atoms with E-state index in [0.29, 0.717) is 24.1 Å². The average Bonchev–Trinajstić information content (AvgIpc) is 3.98. The van der Waals surface area contributed by atoms with Gasteiger partial charge in [-0.3, -0.25) is 48.4 Å². The van der Waals surface area contributed by atoms with Crippen LogP contribution in [0, 0.1) is 5.92 Å². The molecule has 4 aromatic rings. The van der Waals surface area contributed by atoms with Crippen LogP contribution in [0.5, 0.6) is 0 Å². The van der Waals surface area contributed by atoms with Crippen LogP contribution in [0.25, 0.3) is 10.9 Å². The molecule has 0 bridgehead atoms. The summed E-state index contributed by atoms with van der Waals surface area (Å²) in [6.45, 7) is 4.73. The van der Waals surface area contributed by atoms with Crippen LogP contribution >= 0.6 is 0 Å². The smallest absolute Gasteiger partial charge is 0.265 e. The van der Waals surface area contributed by atoms with Crippen LogP contribution in [0.4, 0.5) is 0 Å². The first-order valence-electron chi connectivity index (χ1n) is 23.6. The molecule has 0 spiro atoms. The number of hydrogen-bond acceptors (Lipinski definition) is 12. The van der Waals surface area contributed by atoms with E-state index >= 15 is 0 Å². The normalized spacial score (nSPS) is 16.3. The first kappa shape index (κ1) is 54.3. The molecule has 1 aliphatic heterocycles. The third kappa shape index (κ3) is 16.5. The Kier molecular flexibility index (Phi) is 20.1. The molecular weight excluding hydrogens is 919 g/mol. The molecule has 2 aromatic carbocycles. The summed E-state index contributed by atoms with van der Waals surface area (Å²) in [5.41, 5.74) is 15.9. The fourth-order valence-corrected chi connectivity index (χ4v) is 8.16. The van der Waals surface area contributed by atoms with Crippen LogP contribution in [0.3, 0.4) is 0 Å². The lowest BCUT2D eigenvalue weighted by molar-refractivity contribution is -0.140. The first-order chi connectivity index (χ1) is 33.9. The molecule has 382 valence electrons. The highest BCUT2D eigenvalue weighted by Crippen LogP contribution is 2.20. The number of imidazole rings is 1. The molecule has 3 heterocycles. The highest BCUT2D eigenvalue weighted by molar-refractivity contribution is 5.98. The second-order valence-electron chi connectivity index (χ2n) is 18.1. The summed E-state index contributed by atoms with van der Waals surface area (Å²) in [5, 5.41) is 25.9. The predicted molar refractivity (Wildman–Crippen MR) is 258 cm³/mol. The molecule has 1 fully saturated rings. The molecule has 0 aliphatic carbocycles. The number of carbonyl (C=O) groups excluding carboxylic acids is 9. The zero-order chi connectivity index (χ0) is 51.6. The monoisotopic (exact) mass is 983 g/mol. The van der Waals surface area contributed by atoms with Gasteiger partial charge in [0.15, 0.2) is 0 Å².